The number of para-hydroxylation sites is 1. The van der Waals surface area contributed by atoms with E-state index < -0.39 is 0 Å². The number of nitrogens with zero attached hydrogens (tertiary/aromatic N) is 1. The minimum absolute atomic E-state index is 0.330. The van der Waals surface area contributed by atoms with E-state index in [0.717, 1.165) is 24.0 Å². The SMILES string of the molecule is CC(C)(C)CCc1c(N)cnc2ccccc12. The lowest BCUT2D eigenvalue weighted by Gasteiger charge is -2.19. The minimum Gasteiger partial charge on any atom is -0.397 e. The van der Waals surface area contributed by atoms with E-state index in [9.17, 15) is 0 Å². The Labute approximate surface area is 103 Å². The van der Waals surface area contributed by atoms with E-state index in [4.69, 9.17) is 5.73 Å². The fraction of sp³-hybridized carbons (Fsp3) is 0.400. The number of benzene rings is 1. The molecule has 0 radical (unpaired) electrons. The molecule has 0 aliphatic carbocycles. The summed E-state index contributed by atoms with van der Waals surface area (Å²) in [5.74, 6) is 0. The highest BCUT2D eigenvalue weighted by molar-refractivity contribution is 5.85. The van der Waals surface area contributed by atoms with Crippen LogP contribution in [0, 0.1) is 5.41 Å². The lowest BCUT2D eigenvalue weighted by molar-refractivity contribution is 0.379. The minimum atomic E-state index is 0.330. The van der Waals surface area contributed by atoms with Crippen LogP contribution in [-0.4, -0.2) is 4.98 Å². The number of pyridine rings is 1. The number of rotatable bonds is 2. The number of aromatic nitrogens is 1. The zero-order valence-corrected chi connectivity index (χ0v) is 10.8. The van der Waals surface area contributed by atoms with Gasteiger partial charge in [-0.15, -0.1) is 0 Å². The molecule has 2 rings (SSSR count). The molecule has 0 fully saturated rings. The largest absolute Gasteiger partial charge is 0.397 e. The van der Waals surface area contributed by atoms with Crippen LogP contribution in [0.5, 0.6) is 0 Å². The molecule has 0 aliphatic heterocycles. The topological polar surface area (TPSA) is 38.9 Å². The summed E-state index contributed by atoms with van der Waals surface area (Å²) in [6.45, 7) is 6.77. The highest BCUT2D eigenvalue weighted by Gasteiger charge is 2.13. The zero-order valence-electron chi connectivity index (χ0n) is 10.8. The molecule has 1 heterocycles. The Hall–Kier alpha value is -1.57. The molecule has 0 saturated heterocycles. The predicted molar refractivity (Wildman–Crippen MR) is 73.9 cm³/mol. The molecule has 0 aliphatic rings. The van der Waals surface area contributed by atoms with Gasteiger partial charge in [0.15, 0.2) is 0 Å². The van der Waals surface area contributed by atoms with E-state index in [1.54, 1.807) is 6.20 Å². The fourth-order valence-electron chi connectivity index (χ4n) is 1.99. The van der Waals surface area contributed by atoms with Gasteiger partial charge in [-0.2, -0.15) is 0 Å². The first-order valence-electron chi connectivity index (χ1n) is 6.09. The molecule has 2 nitrogen and oxygen atoms in total. The van der Waals surface area contributed by atoms with Crippen molar-refractivity contribution in [3.63, 3.8) is 0 Å². The van der Waals surface area contributed by atoms with Gasteiger partial charge >= 0.3 is 0 Å². The van der Waals surface area contributed by atoms with Crippen LogP contribution in [0.4, 0.5) is 5.69 Å². The van der Waals surface area contributed by atoms with E-state index in [1.807, 2.05) is 18.2 Å². The Kier molecular flexibility index (Phi) is 3.05. The predicted octanol–water partition coefficient (Wildman–Crippen LogP) is 3.80. The molecule has 2 heteroatoms. The Balaban J connectivity index is 2.41. The van der Waals surface area contributed by atoms with Crippen molar-refractivity contribution in [1.29, 1.82) is 0 Å². The van der Waals surface area contributed by atoms with Gasteiger partial charge in [-0.25, -0.2) is 0 Å². The van der Waals surface area contributed by atoms with E-state index in [1.165, 1.54) is 10.9 Å². The molecule has 17 heavy (non-hydrogen) atoms. The Morgan fingerprint density at radius 3 is 2.59 bits per heavy atom. The smallest absolute Gasteiger partial charge is 0.0706 e. The standard InChI is InChI=1S/C15H20N2/c1-15(2,3)9-8-11-12-6-4-5-7-14(12)17-10-13(11)16/h4-7,10H,8-9,16H2,1-3H3. The average molecular weight is 228 g/mol. The molecule has 2 aromatic rings. The summed E-state index contributed by atoms with van der Waals surface area (Å²) in [6.07, 6.45) is 3.92. The van der Waals surface area contributed by atoms with Gasteiger partial charge in [0, 0.05) is 5.39 Å². The molecule has 0 atom stereocenters. The molecule has 0 spiro atoms. The van der Waals surface area contributed by atoms with Crippen molar-refractivity contribution < 1.29 is 0 Å². The summed E-state index contributed by atoms with van der Waals surface area (Å²) < 4.78 is 0. The van der Waals surface area contributed by atoms with Gasteiger partial charge in [-0.1, -0.05) is 39.0 Å². The van der Waals surface area contributed by atoms with Crippen LogP contribution in [0.1, 0.15) is 32.8 Å². The normalized spacial score (nSPS) is 11.9. The highest BCUT2D eigenvalue weighted by atomic mass is 14.7. The van der Waals surface area contributed by atoms with E-state index in [-0.39, 0.29) is 0 Å². The fourth-order valence-corrected chi connectivity index (χ4v) is 1.99. The number of aryl methyl sites for hydroxylation is 1. The molecule has 0 bridgehead atoms. The first-order valence-corrected chi connectivity index (χ1v) is 6.09. The quantitative estimate of drug-likeness (QED) is 0.849. The van der Waals surface area contributed by atoms with Gasteiger partial charge in [0.25, 0.3) is 0 Å². The maximum Gasteiger partial charge on any atom is 0.0706 e. The molecular formula is C15H20N2. The van der Waals surface area contributed by atoms with Gasteiger partial charge in [0.1, 0.15) is 0 Å². The molecule has 0 unspecified atom stereocenters. The molecule has 2 N–H and O–H groups in total. The molecule has 1 aromatic carbocycles. The summed E-state index contributed by atoms with van der Waals surface area (Å²) in [5, 5.41) is 1.19. The Morgan fingerprint density at radius 1 is 1.18 bits per heavy atom. The third-order valence-corrected chi connectivity index (χ3v) is 3.05. The second-order valence-corrected chi connectivity index (χ2v) is 5.77. The molecular weight excluding hydrogens is 208 g/mol. The van der Waals surface area contributed by atoms with Gasteiger partial charge in [0.2, 0.25) is 0 Å². The lowest BCUT2D eigenvalue weighted by Crippen LogP contribution is -2.08. The van der Waals surface area contributed by atoms with Crippen molar-refractivity contribution in [2.45, 2.75) is 33.6 Å². The molecule has 0 saturated carbocycles. The van der Waals surface area contributed by atoms with Crippen LogP contribution < -0.4 is 5.73 Å². The Bertz CT molecular complexity index is 524. The third kappa shape index (κ3) is 2.76. The van der Waals surface area contributed by atoms with Crippen molar-refractivity contribution in [3.05, 3.63) is 36.0 Å². The van der Waals surface area contributed by atoms with Crippen LogP contribution >= 0.6 is 0 Å². The number of hydrogen-bond acceptors (Lipinski definition) is 2. The van der Waals surface area contributed by atoms with Crippen LogP contribution in [0.15, 0.2) is 30.5 Å². The van der Waals surface area contributed by atoms with Crippen LogP contribution in [0.2, 0.25) is 0 Å². The van der Waals surface area contributed by atoms with E-state index in [2.05, 4.69) is 31.8 Å². The third-order valence-electron chi connectivity index (χ3n) is 3.05. The van der Waals surface area contributed by atoms with E-state index >= 15 is 0 Å². The van der Waals surface area contributed by atoms with Gasteiger partial charge in [0.05, 0.1) is 17.4 Å². The maximum atomic E-state index is 6.05. The van der Waals surface area contributed by atoms with Crippen LogP contribution in [0.3, 0.4) is 0 Å². The summed E-state index contributed by atoms with van der Waals surface area (Å²) in [7, 11) is 0. The number of nitrogens with two attached hydrogens (primary N) is 1. The van der Waals surface area contributed by atoms with Crippen molar-refractivity contribution >= 4 is 16.6 Å². The lowest BCUT2D eigenvalue weighted by atomic mass is 9.87. The Morgan fingerprint density at radius 2 is 1.88 bits per heavy atom. The second-order valence-electron chi connectivity index (χ2n) is 5.77. The van der Waals surface area contributed by atoms with Crippen molar-refractivity contribution in [2.75, 3.05) is 5.73 Å². The van der Waals surface area contributed by atoms with Gasteiger partial charge in [-0.3, -0.25) is 4.98 Å². The summed E-state index contributed by atoms with van der Waals surface area (Å²) in [6, 6.07) is 8.20. The average Bonchev–Trinajstić information content (AvgIpc) is 2.26. The zero-order chi connectivity index (χ0) is 12.5. The molecule has 1 aromatic heterocycles. The summed E-state index contributed by atoms with van der Waals surface area (Å²) >= 11 is 0. The van der Waals surface area contributed by atoms with E-state index in [0.29, 0.717) is 5.41 Å². The van der Waals surface area contributed by atoms with Crippen molar-refractivity contribution in [2.24, 2.45) is 5.41 Å². The highest BCUT2D eigenvalue weighted by Crippen LogP contribution is 2.28. The van der Waals surface area contributed by atoms with Gasteiger partial charge in [-0.05, 0) is 29.9 Å². The molecule has 0 amide bonds. The number of hydrogen-bond donors (Lipinski definition) is 1. The second kappa shape index (κ2) is 4.36. The van der Waals surface area contributed by atoms with Gasteiger partial charge < -0.3 is 5.73 Å². The number of anilines is 1. The first-order chi connectivity index (χ1) is 7.97. The van der Waals surface area contributed by atoms with Crippen molar-refractivity contribution in [1.82, 2.24) is 4.98 Å². The molecule has 90 valence electrons. The van der Waals surface area contributed by atoms with Crippen LogP contribution in [-0.2, 0) is 6.42 Å². The monoisotopic (exact) mass is 228 g/mol. The van der Waals surface area contributed by atoms with Crippen molar-refractivity contribution in [3.8, 4) is 0 Å². The first kappa shape index (κ1) is 11.9. The maximum absolute atomic E-state index is 6.05. The summed E-state index contributed by atoms with van der Waals surface area (Å²) in [4.78, 5) is 4.36. The summed E-state index contributed by atoms with van der Waals surface area (Å²) in [5.41, 5.74) is 9.47. The number of nitrogen functional groups attached to an aromatic ring is 1. The number of fused-ring (bicyclic) bond motifs is 1. The van der Waals surface area contributed by atoms with Crippen LogP contribution in [0.25, 0.3) is 10.9 Å².